The molecule has 0 aliphatic carbocycles. The van der Waals surface area contributed by atoms with Gasteiger partial charge < -0.3 is 20.3 Å². The van der Waals surface area contributed by atoms with E-state index < -0.39 is 6.36 Å². The molecule has 2 rings (SSSR count). The third kappa shape index (κ3) is 7.72. The highest BCUT2D eigenvalue weighted by molar-refractivity contribution is 14.0. The first-order valence-electron chi connectivity index (χ1n) is 8.82. The molecular weight excluding hydrogens is 488 g/mol. The fourth-order valence-electron chi connectivity index (χ4n) is 3.09. The van der Waals surface area contributed by atoms with Crippen molar-refractivity contribution in [2.45, 2.75) is 32.2 Å². The third-order valence-electron chi connectivity index (χ3n) is 4.51. The number of amides is 1. The minimum absolute atomic E-state index is 0. The summed E-state index contributed by atoms with van der Waals surface area (Å²) in [6.45, 7) is 1.64. The molecule has 1 aromatic carbocycles. The Morgan fingerprint density at radius 3 is 2.50 bits per heavy atom. The van der Waals surface area contributed by atoms with Gasteiger partial charge in [0.05, 0.1) is 0 Å². The molecule has 1 aliphatic rings. The van der Waals surface area contributed by atoms with Gasteiger partial charge in [0.15, 0.2) is 5.96 Å². The van der Waals surface area contributed by atoms with E-state index in [1.165, 1.54) is 12.1 Å². The number of halogens is 4. The van der Waals surface area contributed by atoms with Crippen LogP contribution in [0.1, 0.15) is 24.8 Å². The van der Waals surface area contributed by atoms with Gasteiger partial charge in [0, 0.05) is 45.7 Å². The fraction of sp³-hybridized carbons (Fsp3) is 0.556. The number of nitrogens with zero attached hydrogens (tertiary/aromatic N) is 2. The second kappa shape index (κ2) is 11.3. The van der Waals surface area contributed by atoms with Gasteiger partial charge in [-0.2, -0.15) is 0 Å². The quantitative estimate of drug-likeness (QED) is 0.360. The summed E-state index contributed by atoms with van der Waals surface area (Å²) >= 11 is 0. The van der Waals surface area contributed by atoms with Crippen LogP contribution in [0.15, 0.2) is 29.3 Å². The van der Waals surface area contributed by atoms with E-state index in [1.54, 1.807) is 26.2 Å². The predicted molar refractivity (Wildman–Crippen MR) is 112 cm³/mol. The number of likely N-dealkylation sites (tertiary alicyclic amines) is 1. The largest absolute Gasteiger partial charge is 0.573 e. The van der Waals surface area contributed by atoms with Crippen LogP contribution >= 0.6 is 24.0 Å². The summed E-state index contributed by atoms with van der Waals surface area (Å²) in [5, 5.41) is 5.73. The van der Waals surface area contributed by atoms with Crippen LogP contribution in [0.2, 0.25) is 0 Å². The van der Waals surface area contributed by atoms with Crippen molar-refractivity contribution in [3.63, 3.8) is 0 Å². The zero-order chi connectivity index (χ0) is 19.9. The number of nitrogens with one attached hydrogen (secondary N) is 2. The van der Waals surface area contributed by atoms with E-state index >= 15 is 0 Å². The number of ether oxygens (including phenoxy) is 1. The number of para-hydroxylation sites is 1. The lowest BCUT2D eigenvalue weighted by molar-refractivity contribution is -0.274. The number of hydrogen-bond acceptors (Lipinski definition) is 3. The molecule has 0 bridgehead atoms. The third-order valence-corrected chi connectivity index (χ3v) is 4.51. The van der Waals surface area contributed by atoms with E-state index in [-0.39, 0.29) is 42.2 Å². The van der Waals surface area contributed by atoms with Crippen molar-refractivity contribution in [1.82, 2.24) is 15.5 Å². The topological polar surface area (TPSA) is 66.0 Å². The highest BCUT2D eigenvalue weighted by Crippen LogP contribution is 2.26. The summed E-state index contributed by atoms with van der Waals surface area (Å²) in [5.41, 5.74) is 0.394. The van der Waals surface area contributed by atoms with Crippen molar-refractivity contribution < 1.29 is 22.7 Å². The molecule has 158 valence electrons. The summed E-state index contributed by atoms with van der Waals surface area (Å²) in [6.07, 6.45) is -2.49. The van der Waals surface area contributed by atoms with Crippen LogP contribution in [0.3, 0.4) is 0 Å². The molecule has 1 aliphatic heterocycles. The number of carbonyl (C=O) groups excluding carboxylic acids is 1. The first-order valence-corrected chi connectivity index (χ1v) is 8.82. The lowest BCUT2D eigenvalue weighted by Gasteiger charge is -2.34. The molecule has 0 aromatic heterocycles. The van der Waals surface area contributed by atoms with Crippen molar-refractivity contribution >= 4 is 35.8 Å². The molecule has 10 heteroatoms. The molecule has 0 unspecified atom stereocenters. The number of alkyl halides is 3. The molecule has 0 atom stereocenters. The number of piperidine rings is 1. The summed E-state index contributed by atoms with van der Waals surface area (Å²) in [6, 6.07) is 6.03. The van der Waals surface area contributed by atoms with Gasteiger partial charge in [0.25, 0.3) is 0 Å². The Balaban J connectivity index is 0.00000392. The molecule has 0 radical (unpaired) electrons. The van der Waals surface area contributed by atoms with Crippen molar-refractivity contribution in [2.24, 2.45) is 10.9 Å². The highest BCUT2D eigenvalue weighted by Gasteiger charge is 2.32. The van der Waals surface area contributed by atoms with Gasteiger partial charge in [-0.3, -0.25) is 9.79 Å². The molecule has 1 amide bonds. The number of rotatable bonds is 5. The molecule has 6 nitrogen and oxygen atoms in total. The average Bonchev–Trinajstić information content (AvgIpc) is 2.63. The normalized spacial score (nSPS) is 15.6. The number of guanidine groups is 1. The SMILES string of the molecule is CN=C(NCc1ccccc1OC(F)(F)F)N1CCC(CC(=O)NC)CC1.I. The molecular formula is C18H26F3IN4O2. The monoisotopic (exact) mass is 514 g/mol. The van der Waals surface area contributed by atoms with Crippen LogP contribution in [0.25, 0.3) is 0 Å². The Hall–Kier alpha value is -1.72. The van der Waals surface area contributed by atoms with E-state index in [0.29, 0.717) is 23.9 Å². The molecule has 1 saturated heterocycles. The first-order chi connectivity index (χ1) is 12.8. The Morgan fingerprint density at radius 2 is 1.93 bits per heavy atom. The lowest BCUT2D eigenvalue weighted by atomic mass is 9.93. The number of aliphatic imine (C=N–C) groups is 1. The second-order valence-corrected chi connectivity index (χ2v) is 6.36. The summed E-state index contributed by atoms with van der Waals surface area (Å²) in [4.78, 5) is 17.8. The van der Waals surface area contributed by atoms with Crippen LogP contribution in [0, 0.1) is 5.92 Å². The van der Waals surface area contributed by atoms with E-state index in [2.05, 4.69) is 20.4 Å². The summed E-state index contributed by atoms with van der Waals surface area (Å²) in [7, 11) is 3.26. The van der Waals surface area contributed by atoms with Crippen molar-refractivity contribution in [3.05, 3.63) is 29.8 Å². The lowest BCUT2D eigenvalue weighted by Crippen LogP contribution is -2.45. The van der Waals surface area contributed by atoms with Crippen molar-refractivity contribution in [2.75, 3.05) is 27.2 Å². The molecule has 1 aromatic rings. The van der Waals surface area contributed by atoms with Crippen LogP contribution in [-0.4, -0.2) is 50.3 Å². The van der Waals surface area contributed by atoms with Crippen LogP contribution < -0.4 is 15.4 Å². The Labute approximate surface area is 179 Å². The maximum absolute atomic E-state index is 12.5. The maximum atomic E-state index is 12.5. The number of hydrogen-bond donors (Lipinski definition) is 2. The summed E-state index contributed by atoms with van der Waals surface area (Å²) in [5.74, 6) is 0.768. The molecule has 0 spiro atoms. The van der Waals surface area contributed by atoms with Crippen LogP contribution in [0.4, 0.5) is 13.2 Å². The molecule has 2 N–H and O–H groups in total. The molecule has 28 heavy (non-hydrogen) atoms. The van der Waals surface area contributed by atoms with Gasteiger partial charge in [0.1, 0.15) is 5.75 Å². The molecule has 0 saturated carbocycles. The molecule has 1 heterocycles. The van der Waals surface area contributed by atoms with E-state index in [4.69, 9.17) is 0 Å². The van der Waals surface area contributed by atoms with Crippen molar-refractivity contribution in [3.8, 4) is 5.75 Å². The predicted octanol–water partition coefficient (Wildman–Crippen LogP) is 3.13. The van der Waals surface area contributed by atoms with Gasteiger partial charge in [-0.1, -0.05) is 18.2 Å². The zero-order valence-corrected chi connectivity index (χ0v) is 18.2. The Morgan fingerprint density at radius 1 is 1.29 bits per heavy atom. The minimum atomic E-state index is -4.73. The number of benzene rings is 1. The van der Waals surface area contributed by atoms with Crippen LogP contribution in [0.5, 0.6) is 5.75 Å². The van der Waals surface area contributed by atoms with Crippen LogP contribution in [-0.2, 0) is 11.3 Å². The number of carbonyl (C=O) groups is 1. The van der Waals surface area contributed by atoms with Gasteiger partial charge in [-0.05, 0) is 24.8 Å². The Bertz CT molecular complexity index is 662. The smallest absolute Gasteiger partial charge is 0.405 e. The van der Waals surface area contributed by atoms with Gasteiger partial charge in [-0.15, -0.1) is 37.1 Å². The van der Waals surface area contributed by atoms with E-state index in [0.717, 1.165) is 25.9 Å². The highest BCUT2D eigenvalue weighted by atomic mass is 127. The Kier molecular flexibility index (Phi) is 9.83. The minimum Gasteiger partial charge on any atom is -0.405 e. The van der Waals surface area contributed by atoms with Gasteiger partial charge in [0.2, 0.25) is 5.91 Å². The maximum Gasteiger partial charge on any atom is 0.573 e. The summed E-state index contributed by atoms with van der Waals surface area (Å²) < 4.78 is 41.7. The molecule has 1 fully saturated rings. The van der Waals surface area contributed by atoms with E-state index in [1.807, 2.05) is 4.90 Å². The zero-order valence-electron chi connectivity index (χ0n) is 15.9. The van der Waals surface area contributed by atoms with Gasteiger partial charge >= 0.3 is 6.36 Å². The van der Waals surface area contributed by atoms with Crippen molar-refractivity contribution in [1.29, 1.82) is 0 Å². The first kappa shape index (κ1) is 24.3. The van der Waals surface area contributed by atoms with Gasteiger partial charge in [-0.25, -0.2) is 0 Å². The second-order valence-electron chi connectivity index (χ2n) is 6.36. The van der Waals surface area contributed by atoms with E-state index in [9.17, 15) is 18.0 Å². The standard InChI is InChI=1S/C18H25F3N4O2.HI/c1-22-16(26)11-13-7-9-25(10-8-13)17(23-2)24-12-14-5-3-4-6-15(14)27-18(19,20)21;/h3-6,13H,7-12H2,1-2H3,(H,22,26)(H,23,24);1H. The average molecular weight is 514 g/mol. The fourth-order valence-corrected chi connectivity index (χ4v) is 3.09.